The van der Waals surface area contributed by atoms with Gasteiger partial charge in [0.25, 0.3) is 0 Å². The molecule has 0 saturated heterocycles. The Labute approximate surface area is 166 Å². The molecule has 27 heavy (non-hydrogen) atoms. The van der Waals surface area contributed by atoms with Crippen molar-refractivity contribution in [2.75, 3.05) is 17.6 Å². The number of aliphatic hydroxyl groups excluding tert-OH is 1. The number of aliphatic hydroxyl groups is 1. The highest BCUT2D eigenvalue weighted by molar-refractivity contribution is 7.99. The van der Waals surface area contributed by atoms with Crippen LogP contribution < -0.4 is 10.6 Å². The molecule has 3 N–H and O–H groups in total. The maximum atomic E-state index is 12.2. The van der Waals surface area contributed by atoms with Gasteiger partial charge in [0.05, 0.1) is 24.3 Å². The lowest BCUT2D eigenvalue weighted by Crippen LogP contribution is -2.28. The standard InChI is InChI=1S/C18H21ClN4O3S/c1-3-6-20-16(25)9-23-14(10-24)8-21-18(23)27-11-17(26)22-13-5-4-12(2)15(19)7-13/h3-5,7-8,24H,1,6,9-11H2,2H3,(H,20,25)(H,22,26). The van der Waals surface area contributed by atoms with Crippen LogP contribution in [-0.4, -0.2) is 38.8 Å². The second-order valence-electron chi connectivity index (χ2n) is 5.67. The SMILES string of the molecule is C=CCNC(=O)Cn1c(CO)cnc1SCC(=O)Nc1ccc(C)c(Cl)c1. The van der Waals surface area contributed by atoms with E-state index < -0.39 is 0 Å². The number of amides is 2. The van der Waals surface area contributed by atoms with Crippen LogP contribution in [0.2, 0.25) is 5.02 Å². The molecule has 2 aromatic rings. The molecule has 0 aliphatic carbocycles. The number of carbonyl (C=O) groups is 2. The third-order valence-electron chi connectivity index (χ3n) is 3.60. The first-order valence-electron chi connectivity index (χ1n) is 8.16. The summed E-state index contributed by atoms with van der Waals surface area (Å²) in [6, 6.07) is 5.29. The maximum Gasteiger partial charge on any atom is 0.240 e. The van der Waals surface area contributed by atoms with Crippen LogP contribution in [0, 0.1) is 6.92 Å². The number of carbonyl (C=O) groups excluding carboxylic acids is 2. The Kier molecular flexibility index (Phi) is 7.90. The highest BCUT2D eigenvalue weighted by atomic mass is 35.5. The number of aromatic nitrogens is 2. The number of thioether (sulfide) groups is 1. The predicted octanol–water partition coefficient (Wildman–Crippen LogP) is 2.37. The van der Waals surface area contributed by atoms with Crippen molar-refractivity contribution in [1.29, 1.82) is 0 Å². The van der Waals surface area contributed by atoms with E-state index in [0.29, 0.717) is 28.1 Å². The summed E-state index contributed by atoms with van der Waals surface area (Å²) in [7, 11) is 0. The van der Waals surface area contributed by atoms with Crippen LogP contribution in [0.4, 0.5) is 5.69 Å². The number of nitrogens with zero attached hydrogens (tertiary/aromatic N) is 2. The third-order valence-corrected chi connectivity index (χ3v) is 4.99. The zero-order valence-corrected chi connectivity index (χ0v) is 16.4. The molecular formula is C18H21ClN4O3S. The summed E-state index contributed by atoms with van der Waals surface area (Å²) in [5.41, 5.74) is 2.04. The number of imidazole rings is 1. The minimum Gasteiger partial charge on any atom is -0.390 e. The second-order valence-corrected chi connectivity index (χ2v) is 7.02. The number of halogens is 1. The van der Waals surface area contributed by atoms with Crippen molar-refractivity contribution in [3.8, 4) is 0 Å². The summed E-state index contributed by atoms with van der Waals surface area (Å²) in [5.74, 6) is -0.360. The Hall–Kier alpha value is -2.29. The number of benzene rings is 1. The molecule has 2 amide bonds. The number of hydrogen-bond donors (Lipinski definition) is 3. The molecule has 144 valence electrons. The van der Waals surface area contributed by atoms with E-state index in [2.05, 4.69) is 22.2 Å². The quantitative estimate of drug-likeness (QED) is 0.437. The number of rotatable bonds is 9. The van der Waals surface area contributed by atoms with Crippen molar-refractivity contribution in [3.63, 3.8) is 0 Å². The van der Waals surface area contributed by atoms with E-state index in [1.807, 2.05) is 13.0 Å². The lowest BCUT2D eigenvalue weighted by atomic mass is 10.2. The molecule has 0 atom stereocenters. The first kappa shape index (κ1) is 21.0. The molecule has 1 aromatic heterocycles. The van der Waals surface area contributed by atoms with Gasteiger partial charge in [0.1, 0.15) is 6.54 Å². The van der Waals surface area contributed by atoms with Gasteiger partial charge in [-0.05, 0) is 24.6 Å². The first-order chi connectivity index (χ1) is 12.9. The number of anilines is 1. The van der Waals surface area contributed by atoms with Crippen molar-refractivity contribution >= 4 is 40.9 Å². The fraction of sp³-hybridized carbons (Fsp3) is 0.278. The average molecular weight is 409 g/mol. The van der Waals surface area contributed by atoms with Gasteiger partial charge in [-0.1, -0.05) is 35.5 Å². The molecule has 9 heteroatoms. The van der Waals surface area contributed by atoms with Crippen LogP contribution in [0.5, 0.6) is 0 Å². The lowest BCUT2D eigenvalue weighted by Gasteiger charge is -2.11. The number of hydrogen-bond acceptors (Lipinski definition) is 5. The molecular weight excluding hydrogens is 388 g/mol. The minimum atomic E-state index is -0.254. The molecule has 0 fully saturated rings. The Morgan fingerprint density at radius 2 is 2.19 bits per heavy atom. The summed E-state index contributed by atoms with van der Waals surface area (Å²) in [6.07, 6.45) is 3.07. The van der Waals surface area contributed by atoms with E-state index in [1.165, 1.54) is 18.0 Å². The zero-order chi connectivity index (χ0) is 19.8. The largest absolute Gasteiger partial charge is 0.390 e. The molecule has 0 spiro atoms. The van der Waals surface area contributed by atoms with Crippen LogP contribution >= 0.6 is 23.4 Å². The summed E-state index contributed by atoms with van der Waals surface area (Å²) >= 11 is 7.24. The van der Waals surface area contributed by atoms with Gasteiger partial charge in [-0.2, -0.15) is 0 Å². The van der Waals surface area contributed by atoms with E-state index in [1.54, 1.807) is 22.8 Å². The highest BCUT2D eigenvalue weighted by Gasteiger charge is 2.15. The molecule has 2 rings (SSSR count). The third kappa shape index (κ3) is 6.13. The Morgan fingerprint density at radius 1 is 1.41 bits per heavy atom. The van der Waals surface area contributed by atoms with Crippen LogP contribution in [0.15, 0.2) is 42.2 Å². The molecule has 7 nitrogen and oxygen atoms in total. The van der Waals surface area contributed by atoms with Gasteiger partial charge in [0.15, 0.2) is 5.16 Å². The fourth-order valence-corrected chi connectivity index (χ4v) is 3.16. The van der Waals surface area contributed by atoms with Crippen molar-refractivity contribution in [1.82, 2.24) is 14.9 Å². The monoisotopic (exact) mass is 408 g/mol. The number of aryl methyl sites for hydroxylation is 1. The predicted molar refractivity (Wildman–Crippen MR) is 107 cm³/mol. The Bertz CT molecular complexity index is 838. The Balaban J connectivity index is 1.98. The summed E-state index contributed by atoms with van der Waals surface area (Å²) in [5, 5.41) is 15.9. The minimum absolute atomic E-state index is 0.00125. The normalized spacial score (nSPS) is 10.5. The van der Waals surface area contributed by atoms with Crippen molar-refractivity contribution in [2.24, 2.45) is 0 Å². The average Bonchev–Trinajstić information content (AvgIpc) is 3.03. The number of nitrogens with one attached hydrogen (secondary N) is 2. The maximum absolute atomic E-state index is 12.2. The van der Waals surface area contributed by atoms with E-state index in [-0.39, 0.29) is 30.7 Å². The van der Waals surface area contributed by atoms with Crippen LogP contribution in [-0.2, 0) is 22.7 Å². The van der Waals surface area contributed by atoms with Gasteiger partial charge >= 0.3 is 0 Å². The molecule has 0 bridgehead atoms. The molecule has 1 aromatic carbocycles. The van der Waals surface area contributed by atoms with E-state index >= 15 is 0 Å². The van der Waals surface area contributed by atoms with Crippen molar-refractivity contribution in [3.05, 3.63) is 53.3 Å². The topological polar surface area (TPSA) is 96.2 Å². The van der Waals surface area contributed by atoms with Crippen LogP contribution in [0.3, 0.4) is 0 Å². The van der Waals surface area contributed by atoms with E-state index in [9.17, 15) is 14.7 Å². The molecule has 0 unspecified atom stereocenters. The molecule has 0 aliphatic heterocycles. The van der Waals surface area contributed by atoms with Gasteiger partial charge < -0.3 is 20.3 Å². The van der Waals surface area contributed by atoms with E-state index in [4.69, 9.17) is 11.6 Å². The summed E-state index contributed by atoms with van der Waals surface area (Å²) in [6.45, 7) is 5.53. The second kappa shape index (κ2) is 10.1. The van der Waals surface area contributed by atoms with Gasteiger partial charge in [0, 0.05) is 17.3 Å². The van der Waals surface area contributed by atoms with Crippen molar-refractivity contribution in [2.45, 2.75) is 25.2 Å². The van der Waals surface area contributed by atoms with Crippen LogP contribution in [0.1, 0.15) is 11.3 Å². The molecule has 1 heterocycles. The molecule has 0 radical (unpaired) electrons. The van der Waals surface area contributed by atoms with Gasteiger partial charge in [-0.15, -0.1) is 6.58 Å². The molecule has 0 aliphatic rings. The molecule has 0 saturated carbocycles. The zero-order valence-electron chi connectivity index (χ0n) is 14.9. The first-order valence-corrected chi connectivity index (χ1v) is 9.52. The Morgan fingerprint density at radius 3 is 2.85 bits per heavy atom. The van der Waals surface area contributed by atoms with Crippen molar-refractivity contribution < 1.29 is 14.7 Å². The van der Waals surface area contributed by atoms with Crippen LogP contribution in [0.25, 0.3) is 0 Å². The summed E-state index contributed by atoms with van der Waals surface area (Å²) < 4.78 is 1.58. The van der Waals surface area contributed by atoms with Gasteiger partial charge in [-0.25, -0.2) is 4.98 Å². The highest BCUT2D eigenvalue weighted by Crippen LogP contribution is 2.22. The fourth-order valence-electron chi connectivity index (χ4n) is 2.19. The smallest absolute Gasteiger partial charge is 0.240 e. The van der Waals surface area contributed by atoms with Gasteiger partial charge in [-0.3, -0.25) is 9.59 Å². The summed E-state index contributed by atoms with van der Waals surface area (Å²) in [4.78, 5) is 28.3. The lowest BCUT2D eigenvalue weighted by molar-refractivity contribution is -0.121. The van der Waals surface area contributed by atoms with Gasteiger partial charge in [0.2, 0.25) is 11.8 Å². The van der Waals surface area contributed by atoms with E-state index in [0.717, 1.165) is 5.56 Å².